The van der Waals surface area contributed by atoms with Gasteiger partial charge in [-0.05, 0) is 42.4 Å². The molecule has 0 radical (unpaired) electrons. The van der Waals surface area contributed by atoms with Gasteiger partial charge in [-0.2, -0.15) is 5.26 Å². The van der Waals surface area contributed by atoms with Crippen LogP contribution in [-0.4, -0.2) is 28.7 Å². The van der Waals surface area contributed by atoms with Gasteiger partial charge in [0.1, 0.15) is 0 Å². The van der Waals surface area contributed by atoms with Gasteiger partial charge in [0, 0.05) is 20.3 Å². The maximum absolute atomic E-state index is 12.1. The first-order valence-electron chi connectivity index (χ1n) is 6.94. The Hall–Kier alpha value is -1.42. The van der Waals surface area contributed by atoms with E-state index in [1.54, 1.807) is 31.4 Å². The molecule has 0 spiro atoms. The number of nitrogens with one attached hydrogen (secondary N) is 1. The van der Waals surface area contributed by atoms with Crippen molar-refractivity contribution < 1.29 is 13.2 Å². The molecule has 0 saturated heterocycles. The van der Waals surface area contributed by atoms with Gasteiger partial charge < -0.3 is 4.74 Å². The van der Waals surface area contributed by atoms with Crippen molar-refractivity contribution in [1.82, 2.24) is 4.72 Å². The van der Waals surface area contributed by atoms with Crippen LogP contribution in [0, 0.1) is 16.7 Å². The summed E-state index contributed by atoms with van der Waals surface area (Å²) in [4.78, 5) is 0. The van der Waals surface area contributed by atoms with E-state index in [9.17, 15) is 8.42 Å². The Morgan fingerprint density at radius 2 is 2.00 bits per heavy atom. The van der Waals surface area contributed by atoms with Gasteiger partial charge in [-0.25, -0.2) is 13.1 Å². The lowest BCUT2D eigenvalue weighted by molar-refractivity contribution is 0.173. The zero-order valence-electron chi connectivity index (χ0n) is 12.1. The molecular weight excluding hydrogens is 288 g/mol. The zero-order valence-corrected chi connectivity index (χ0v) is 12.9. The minimum Gasteiger partial charge on any atom is -0.385 e. The Bertz CT molecular complexity index is 613. The highest BCUT2D eigenvalue weighted by Gasteiger charge is 2.42. The second-order valence-electron chi connectivity index (χ2n) is 5.63. The van der Waals surface area contributed by atoms with Crippen molar-refractivity contribution in [3.63, 3.8) is 0 Å². The molecule has 1 aliphatic rings. The molecule has 5 nitrogen and oxygen atoms in total. The van der Waals surface area contributed by atoms with Crippen LogP contribution in [0.4, 0.5) is 0 Å². The van der Waals surface area contributed by atoms with E-state index < -0.39 is 10.0 Å². The molecule has 1 N–H and O–H groups in total. The second-order valence-corrected chi connectivity index (χ2v) is 7.44. The fourth-order valence-corrected chi connectivity index (χ4v) is 3.48. The Labute approximate surface area is 126 Å². The number of ether oxygens (including phenoxy) is 1. The van der Waals surface area contributed by atoms with Crippen LogP contribution in [-0.2, 0) is 20.5 Å². The third-order valence-electron chi connectivity index (χ3n) is 3.90. The monoisotopic (exact) mass is 308 g/mol. The summed E-state index contributed by atoms with van der Waals surface area (Å²) in [5.41, 5.74) is 1.30. The maximum atomic E-state index is 12.1. The van der Waals surface area contributed by atoms with Crippen LogP contribution in [0.15, 0.2) is 24.3 Å². The van der Waals surface area contributed by atoms with Crippen LogP contribution < -0.4 is 4.72 Å². The lowest BCUT2D eigenvalue weighted by atomic mass is 10.0. The molecule has 1 aromatic rings. The number of benzene rings is 1. The molecule has 1 aromatic carbocycles. The van der Waals surface area contributed by atoms with E-state index in [2.05, 4.69) is 4.72 Å². The van der Waals surface area contributed by atoms with Crippen molar-refractivity contribution in [1.29, 1.82) is 5.26 Å². The Morgan fingerprint density at radius 1 is 1.33 bits per heavy atom. The summed E-state index contributed by atoms with van der Waals surface area (Å²) in [7, 11) is -1.69. The predicted octanol–water partition coefficient (Wildman–Crippen LogP) is 1.79. The number of methoxy groups -OCH3 is 1. The highest BCUT2D eigenvalue weighted by atomic mass is 32.2. The van der Waals surface area contributed by atoms with Crippen molar-refractivity contribution in [2.45, 2.75) is 25.0 Å². The lowest BCUT2D eigenvalue weighted by Crippen LogP contribution is -2.31. The molecule has 21 heavy (non-hydrogen) atoms. The first-order chi connectivity index (χ1) is 9.99. The van der Waals surface area contributed by atoms with Gasteiger partial charge >= 0.3 is 0 Å². The van der Waals surface area contributed by atoms with E-state index in [-0.39, 0.29) is 11.2 Å². The highest BCUT2D eigenvalue weighted by Crippen LogP contribution is 2.48. The van der Waals surface area contributed by atoms with Gasteiger partial charge in [-0.3, -0.25) is 0 Å². The molecule has 0 bridgehead atoms. The van der Waals surface area contributed by atoms with E-state index >= 15 is 0 Å². The largest absolute Gasteiger partial charge is 0.385 e. The van der Waals surface area contributed by atoms with Crippen LogP contribution >= 0.6 is 0 Å². The van der Waals surface area contributed by atoms with Crippen LogP contribution in [0.1, 0.15) is 30.4 Å². The van der Waals surface area contributed by atoms with Crippen LogP contribution in [0.25, 0.3) is 0 Å². The molecule has 0 aliphatic heterocycles. The van der Waals surface area contributed by atoms with Gasteiger partial charge in [-0.1, -0.05) is 12.1 Å². The fourth-order valence-electron chi connectivity index (χ4n) is 2.22. The van der Waals surface area contributed by atoms with Crippen molar-refractivity contribution >= 4 is 10.0 Å². The Morgan fingerprint density at radius 3 is 2.52 bits per heavy atom. The third-order valence-corrected chi connectivity index (χ3v) is 5.20. The lowest BCUT2D eigenvalue weighted by Gasteiger charge is -2.15. The quantitative estimate of drug-likeness (QED) is 0.794. The summed E-state index contributed by atoms with van der Waals surface area (Å²) in [6, 6.07) is 8.63. The van der Waals surface area contributed by atoms with Gasteiger partial charge in [0.2, 0.25) is 10.0 Å². The molecule has 0 amide bonds. The molecule has 0 heterocycles. The van der Waals surface area contributed by atoms with E-state index in [1.807, 2.05) is 6.07 Å². The molecular formula is C15H20N2O3S. The van der Waals surface area contributed by atoms with Gasteiger partial charge in [0.25, 0.3) is 0 Å². The molecule has 0 unspecified atom stereocenters. The van der Waals surface area contributed by atoms with Gasteiger partial charge in [0.05, 0.1) is 17.4 Å². The zero-order chi connectivity index (χ0) is 15.3. The Balaban J connectivity index is 1.88. The molecule has 1 fully saturated rings. The van der Waals surface area contributed by atoms with Crippen LogP contribution in [0.2, 0.25) is 0 Å². The summed E-state index contributed by atoms with van der Waals surface area (Å²) < 4.78 is 32.0. The van der Waals surface area contributed by atoms with E-state index in [1.165, 1.54) is 0 Å². The predicted molar refractivity (Wildman–Crippen MR) is 79.9 cm³/mol. The topological polar surface area (TPSA) is 79.2 Å². The van der Waals surface area contributed by atoms with Crippen molar-refractivity contribution in [2.24, 2.45) is 5.41 Å². The maximum Gasteiger partial charge on any atom is 0.215 e. The minimum absolute atomic E-state index is 0.0565. The summed E-state index contributed by atoms with van der Waals surface area (Å²) in [6.45, 7) is 1.15. The van der Waals surface area contributed by atoms with Crippen molar-refractivity contribution in [3.8, 4) is 6.07 Å². The summed E-state index contributed by atoms with van der Waals surface area (Å²) in [5.74, 6) is -0.0565. The molecule has 0 atom stereocenters. The molecule has 1 saturated carbocycles. The van der Waals surface area contributed by atoms with Gasteiger partial charge in [0.15, 0.2) is 0 Å². The van der Waals surface area contributed by atoms with Crippen LogP contribution in [0.5, 0.6) is 0 Å². The van der Waals surface area contributed by atoms with E-state index in [0.717, 1.165) is 19.3 Å². The average Bonchev–Trinajstić information content (AvgIpc) is 3.24. The second kappa shape index (κ2) is 6.56. The summed E-state index contributed by atoms with van der Waals surface area (Å²) >= 11 is 0. The smallest absolute Gasteiger partial charge is 0.215 e. The van der Waals surface area contributed by atoms with Gasteiger partial charge in [-0.15, -0.1) is 0 Å². The minimum atomic E-state index is -3.35. The molecule has 114 valence electrons. The van der Waals surface area contributed by atoms with E-state index in [4.69, 9.17) is 10.00 Å². The average molecular weight is 308 g/mol. The van der Waals surface area contributed by atoms with E-state index in [0.29, 0.717) is 24.3 Å². The highest BCUT2D eigenvalue weighted by molar-refractivity contribution is 7.88. The fraction of sp³-hybridized carbons (Fsp3) is 0.533. The SMILES string of the molecule is COCCC1(CNS(=O)(=O)Cc2ccc(C#N)cc2)CC1. The molecule has 2 rings (SSSR count). The number of hydrogen-bond acceptors (Lipinski definition) is 4. The number of nitriles is 1. The number of nitrogens with zero attached hydrogens (tertiary/aromatic N) is 1. The van der Waals surface area contributed by atoms with Crippen LogP contribution in [0.3, 0.4) is 0 Å². The van der Waals surface area contributed by atoms with Crippen molar-refractivity contribution in [3.05, 3.63) is 35.4 Å². The molecule has 1 aliphatic carbocycles. The Kier molecular flexibility index (Phi) is 4.99. The van der Waals surface area contributed by atoms with Crippen molar-refractivity contribution in [2.75, 3.05) is 20.3 Å². The first-order valence-corrected chi connectivity index (χ1v) is 8.59. The standard InChI is InChI=1S/C15H20N2O3S/c1-20-9-8-15(6-7-15)12-17-21(18,19)11-14-4-2-13(10-16)3-5-14/h2-5,17H,6-9,11-12H2,1H3. The molecule has 0 aromatic heterocycles. The number of hydrogen-bond donors (Lipinski definition) is 1. The molecule has 6 heteroatoms. The summed E-state index contributed by atoms with van der Waals surface area (Å²) in [6.07, 6.45) is 2.99. The first kappa shape index (κ1) is 16.0. The number of sulfonamides is 1. The number of rotatable bonds is 8. The normalized spacial score (nSPS) is 16.4. The third kappa shape index (κ3) is 4.81. The summed E-state index contributed by atoms with van der Waals surface area (Å²) in [5, 5.41) is 8.72.